The van der Waals surface area contributed by atoms with Crippen molar-refractivity contribution in [3.63, 3.8) is 0 Å². The molecule has 5 heteroatoms. The van der Waals surface area contributed by atoms with Crippen LogP contribution in [0.25, 0.3) is 20.2 Å². The second kappa shape index (κ2) is 9.73. The van der Waals surface area contributed by atoms with Crippen molar-refractivity contribution < 1.29 is 10.0 Å². The van der Waals surface area contributed by atoms with Gasteiger partial charge in [-0.1, -0.05) is 66.7 Å². The maximum absolute atomic E-state index is 14.6. The number of fused-ring (bicyclic) bond motifs is 3. The third-order valence-corrected chi connectivity index (χ3v) is 9.65. The van der Waals surface area contributed by atoms with E-state index in [1.165, 1.54) is 20.2 Å². The SMILES string of the molecule is C=C.O.O=P(c1ccccc1)(c1ccccc1)c1ccc2sc3ccc(P)cc3c2c1. The number of thiophene rings is 1. The molecular formula is C26H24O2P2S. The molecule has 0 aliphatic carbocycles. The average Bonchev–Trinajstić information content (AvgIpc) is 3.18. The average molecular weight is 462 g/mol. The van der Waals surface area contributed by atoms with E-state index in [0.29, 0.717) is 0 Å². The van der Waals surface area contributed by atoms with Crippen molar-refractivity contribution in [2.75, 3.05) is 0 Å². The van der Waals surface area contributed by atoms with Crippen LogP contribution in [-0.2, 0) is 4.57 Å². The van der Waals surface area contributed by atoms with Gasteiger partial charge in [0.1, 0.15) is 0 Å². The van der Waals surface area contributed by atoms with Gasteiger partial charge in [0.2, 0.25) is 0 Å². The minimum absolute atomic E-state index is 0. The van der Waals surface area contributed by atoms with Gasteiger partial charge < -0.3 is 10.0 Å². The summed E-state index contributed by atoms with van der Waals surface area (Å²) in [6, 6.07) is 32.5. The lowest BCUT2D eigenvalue weighted by Crippen LogP contribution is -2.24. The van der Waals surface area contributed by atoms with E-state index in [1.54, 1.807) is 11.3 Å². The molecule has 1 heterocycles. The second-order valence-corrected chi connectivity index (χ2v) is 11.3. The highest BCUT2D eigenvalue weighted by atomic mass is 32.1. The minimum Gasteiger partial charge on any atom is -0.412 e. The van der Waals surface area contributed by atoms with Crippen LogP contribution >= 0.6 is 27.7 Å². The fourth-order valence-electron chi connectivity index (χ4n) is 3.70. The Hall–Kier alpha value is -2.54. The topological polar surface area (TPSA) is 48.6 Å². The Bertz CT molecular complexity index is 1320. The molecule has 2 nitrogen and oxygen atoms in total. The first-order valence-corrected chi connectivity index (χ1v) is 12.7. The molecular weight excluding hydrogens is 438 g/mol. The van der Waals surface area contributed by atoms with Crippen LogP contribution in [0, 0.1) is 0 Å². The van der Waals surface area contributed by atoms with E-state index in [4.69, 9.17) is 0 Å². The maximum Gasteiger partial charge on any atom is 0.171 e. The third kappa shape index (κ3) is 4.15. The van der Waals surface area contributed by atoms with Crippen LogP contribution in [0.2, 0.25) is 0 Å². The molecule has 0 saturated carbocycles. The van der Waals surface area contributed by atoms with Gasteiger partial charge in [-0.25, -0.2) is 0 Å². The van der Waals surface area contributed by atoms with Crippen molar-refractivity contribution in [2.24, 2.45) is 0 Å². The van der Waals surface area contributed by atoms with Crippen LogP contribution in [0.3, 0.4) is 0 Å². The summed E-state index contributed by atoms with van der Waals surface area (Å²) < 4.78 is 17.1. The number of benzene rings is 4. The molecule has 2 N–H and O–H groups in total. The van der Waals surface area contributed by atoms with E-state index in [1.807, 2.05) is 66.7 Å². The molecule has 1 unspecified atom stereocenters. The van der Waals surface area contributed by atoms with Gasteiger partial charge in [0.05, 0.1) is 0 Å². The molecule has 0 amide bonds. The summed E-state index contributed by atoms with van der Waals surface area (Å²) in [6.45, 7) is 6.00. The van der Waals surface area contributed by atoms with Gasteiger partial charge >= 0.3 is 0 Å². The summed E-state index contributed by atoms with van der Waals surface area (Å²) in [5.74, 6) is 0. The lowest BCUT2D eigenvalue weighted by molar-refractivity contribution is 0.592. The predicted molar refractivity (Wildman–Crippen MR) is 143 cm³/mol. The zero-order valence-corrected chi connectivity index (χ0v) is 19.9. The molecule has 31 heavy (non-hydrogen) atoms. The first kappa shape index (κ1) is 23.1. The van der Waals surface area contributed by atoms with Gasteiger partial charge in [-0.05, 0) is 35.6 Å². The van der Waals surface area contributed by atoms with Crippen molar-refractivity contribution >= 4 is 69.1 Å². The molecule has 0 fully saturated rings. The Morgan fingerprint density at radius 1 is 0.645 bits per heavy atom. The van der Waals surface area contributed by atoms with Crippen LogP contribution in [0.15, 0.2) is 110 Å². The van der Waals surface area contributed by atoms with E-state index < -0.39 is 7.14 Å². The Morgan fingerprint density at radius 3 is 1.68 bits per heavy atom. The van der Waals surface area contributed by atoms with Gasteiger partial charge in [0.15, 0.2) is 7.14 Å². The summed E-state index contributed by atoms with van der Waals surface area (Å²) in [6.07, 6.45) is 0. The quantitative estimate of drug-likeness (QED) is 0.270. The highest BCUT2D eigenvalue weighted by molar-refractivity contribution is 7.85. The van der Waals surface area contributed by atoms with Crippen molar-refractivity contribution in [1.82, 2.24) is 0 Å². The Balaban J connectivity index is 0.000000883. The highest BCUT2D eigenvalue weighted by Crippen LogP contribution is 2.44. The lowest BCUT2D eigenvalue weighted by atomic mass is 10.1. The van der Waals surface area contributed by atoms with Gasteiger partial charge in [0, 0.05) is 36.1 Å². The third-order valence-electron chi connectivity index (χ3n) is 5.08. The molecule has 4 aromatic carbocycles. The molecule has 0 radical (unpaired) electrons. The number of hydrogen-bond acceptors (Lipinski definition) is 2. The molecule has 0 bridgehead atoms. The Morgan fingerprint density at radius 2 is 1.13 bits per heavy atom. The molecule has 1 atom stereocenters. The van der Waals surface area contributed by atoms with E-state index in [0.717, 1.165) is 21.2 Å². The largest absolute Gasteiger partial charge is 0.412 e. The van der Waals surface area contributed by atoms with E-state index in [9.17, 15) is 4.57 Å². The molecule has 1 aromatic heterocycles. The smallest absolute Gasteiger partial charge is 0.171 e. The van der Waals surface area contributed by atoms with Crippen LogP contribution in [0.1, 0.15) is 0 Å². The van der Waals surface area contributed by atoms with Crippen LogP contribution < -0.4 is 21.2 Å². The molecule has 0 spiro atoms. The number of rotatable bonds is 3. The molecule has 0 aliphatic heterocycles. The molecule has 156 valence electrons. The van der Waals surface area contributed by atoms with Crippen LogP contribution in [0.5, 0.6) is 0 Å². The van der Waals surface area contributed by atoms with Crippen molar-refractivity contribution in [1.29, 1.82) is 0 Å². The summed E-state index contributed by atoms with van der Waals surface area (Å²) >= 11 is 1.78. The molecule has 0 aliphatic rings. The van der Waals surface area contributed by atoms with Crippen LogP contribution in [-0.4, -0.2) is 5.48 Å². The minimum atomic E-state index is -2.95. The summed E-state index contributed by atoms with van der Waals surface area (Å²) in [5.41, 5.74) is 0. The maximum atomic E-state index is 14.6. The summed E-state index contributed by atoms with van der Waals surface area (Å²) in [4.78, 5) is 0. The Labute approximate surface area is 189 Å². The first-order valence-electron chi connectivity index (χ1n) is 9.60. The predicted octanol–water partition coefficient (Wildman–Crippen LogP) is 5.17. The molecule has 5 rings (SSSR count). The molecule has 0 saturated heterocycles. The lowest BCUT2D eigenvalue weighted by Gasteiger charge is -2.20. The normalized spacial score (nSPS) is 10.9. The molecule has 5 aromatic rings. The summed E-state index contributed by atoms with van der Waals surface area (Å²) in [7, 11) is -0.178. The van der Waals surface area contributed by atoms with Crippen LogP contribution in [0.4, 0.5) is 0 Å². The zero-order valence-electron chi connectivity index (χ0n) is 17.0. The van der Waals surface area contributed by atoms with E-state index in [-0.39, 0.29) is 5.48 Å². The highest BCUT2D eigenvalue weighted by Gasteiger charge is 2.29. The van der Waals surface area contributed by atoms with Gasteiger partial charge in [-0.3, -0.25) is 0 Å². The summed E-state index contributed by atoms with van der Waals surface area (Å²) in [5, 5.41) is 6.17. The second-order valence-electron chi connectivity index (χ2n) is 6.82. The van der Waals surface area contributed by atoms with Crippen molar-refractivity contribution in [3.05, 3.63) is 110 Å². The van der Waals surface area contributed by atoms with E-state index >= 15 is 0 Å². The van der Waals surface area contributed by atoms with Gasteiger partial charge in [-0.2, -0.15) is 0 Å². The van der Waals surface area contributed by atoms with Gasteiger partial charge in [-0.15, -0.1) is 33.7 Å². The van der Waals surface area contributed by atoms with Gasteiger partial charge in [0.25, 0.3) is 0 Å². The standard InChI is InChI=1S/C24H18OP2S.C2H4.H2O/c25-27(18-7-3-1-4-8-18,19-9-5-2-6-10-19)20-12-14-24-22(16-20)21-15-17(26)11-13-23(21)28-24;1-2;/h1-16H,26H2;1-2H2;1H2. The fourth-order valence-corrected chi connectivity index (χ4v) is 7.71. The first-order chi connectivity index (χ1) is 14.7. The Kier molecular flexibility index (Phi) is 7.26. The monoisotopic (exact) mass is 462 g/mol. The number of hydrogen-bond donors (Lipinski definition) is 0. The van der Waals surface area contributed by atoms with Crippen molar-refractivity contribution in [2.45, 2.75) is 0 Å². The van der Waals surface area contributed by atoms with E-state index in [2.05, 4.69) is 52.7 Å². The fraction of sp³-hybridized carbons (Fsp3) is 0. The van der Waals surface area contributed by atoms with Crippen molar-refractivity contribution in [3.8, 4) is 0 Å². The zero-order chi connectivity index (χ0) is 21.1.